The summed E-state index contributed by atoms with van der Waals surface area (Å²) in [4.78, 5) is 17.1. The second kappa shape index (κ2) is 6.84. The molecule has 1 aliphatic rings. The average molecular weight is 350 g/mol. The number of rotatable bonds is 3. The van der Waals surface area contributed by atoms with Crippen LogP contribution >= 0.6 is 0 Å². The van der Waals surface area contributed by atoms with Crippen molar-refractivity contribution in [3.63, 3.8) is 0 Å². The van der Waals surface area contributed by atoms with Crippen molar-refractivity contribution >= 4 is 5.91 Å². The maximum Gasteiger partial charge on any atom is 0.433 e. The number of pyridine rings is 1. The fourth-order valence-electron chi connectivity index (χ4n) is 2.82. The van der Waals surface area contributed by atoms with Gasteiger partial charge < -0.3 is 9.64 Å². The molecule has 1 aromatic heterocycles. The Morgan fingerprint density at radius 3 is 2.60 bits per heavy atom. The van der Waals surface area contributed by atoms with Crippen LogP contribution in [0.3, 0.4) is 0 Å². The van der Waals surface area contributed by atoms with E-state index < -0.39 is 11.9 Å². The molecule has 0 bridgehead atoms. The summed E-state index contributed by atoms with van der Waals surface area (Å²) < 4.78 is 43.4. The minimum atomic E-state index is -4.52. The van der Waals surface area contributed by atoms with Crippen LogP contribution in [0.2, 0.25) is 0 Å². The summed E-state index contributed by atoms with van der Waals surface area (Å²) in [6, 6.07) is 9.92. The number of amides is 1. The van der Waals surface area contributed by atoms with Crippen molar-refractivity contribution < 1.29 is 22.7 Å². The van der Waals surface area contributed by atoms with Crippen molar-refractivity contribution in [3.8, 4) is 0 Å². The summed E-state index contributed by atoms with van der Waals surface area (Å²) in [6.45, 7) is 0.846. The molecule has 0 radical (unpaired) electrons. The number of hydrogen-bond donors (Lipinski definition) is 0. The first-order chi connectivity index (χ1) is 11.8. The normalized spacial score (nSPS) is 17.0. The number of likely N-dealkylation sites (N-methyl/N-ethyl adjacent to an activating group) is 1. The molecule has 0 saturated carbocycles. The van der Waals surface area contributed by atoms with Gasteiger partial charge in [0, 0.05) is 26.2 Å². The molecule has 1 atom stereocenters. The molecule has 132 valence electrons. The van der Waals surface area contributed by atoms with E-state index in [4.69, 9.17) is 4.74 Å². The minimum absolute atomic E-state index is 0.117. The van der Waals surface area contributed by atoms with Crippen LogP contribution in [0.1, 0.15) is 27.2 Å². The van der Waals surface area contributed by atoms with Crippen LogP contribution < -0.4 is 0 Å². The molecule has 25 heavy (non-hydrogen) atoms. The molecular weight excluding hydrogens is 333 g/mol. The van der Waals surface area contributed by atoms with E-state index in [-0.39, 0.29) is 17.6 Å². The van der Waals surface area contributed by atoms with E-state index in [0.717, 1.165) is 23.9 Å². The third-order valence-corrected chi connectivity index (χ3v) is 4.17. The zero-order chi connectivity index (χ0) is 18.0. The number of aromatic nitrogens is 1. The topological polar surface area (TPSA) is 42.4 Å². The largest absolute Gasteiger partial charge is 0.433 e. The lowest BCUT2D eigenvalue weighted by Gasteiger charge is -2.29. The molecule has 4 nitrogen and oxygen atoms in total. The van der Waals surface area contributed by atoms with E-state index >= 15 is 0 Å². The van der Waals surface area contributed by atoms with Crippen LogP contribution in [0.15, 0.2) is 42.6 Å². The fourth-order valence-corrected chi connectivity index (χ4v) is 2.82. The van der Waals surface area contributed by atoms with Crippen molar-refractivity contribution in [1.29, 1.82) is 0 Å². The van der Waals surface area contributed by atoms with Gasteiger partial charge in [0.15, 0.2) is 0 Å². The highest BCUT2D eigenvalue weighted by Gasteiger charge is 2.32. The van der Waals surface area contributed by atoms with Crippen LogP contribution in [0.25, 0.3) is 0 Å². The van der Waals surface area contributed by atoms with Gasteiger partial charge in [-0.2, -0.15) is 13.2 Å². The number of hydrogen-bond acceptors (Lipinski definition) is 3. The summed E-state index contributed by atoms with van der Waals surface area (Å²) >= 11 is 0. The Bertz CT molecular complexity index is 760. The average Bonchev–Trinajstić information content (AvgIpc) is 2.60. The predicted molar refractivity (Wildman–Crippen MR) is 84.9 cm³/mol. The zero-order valence-corrected chi connectivity index (χ0v) is 13.6. The highest BCUT2D eigenvalue weighted by Crippen LogP contribution is 2.27. The van der Waals surface area contributed by atoms with Crippen LogP contribution in [-0.4, -0.2) is 35.5 Å². The van der Waals surface area contributed by atoms with Gasteiger partial charge in [-0.15, -0.1) is 0 Å². The number of carbonyl (C=O) groups is 1. The molecule has 0 fully saturated rings. The van der Waals surface area contributed by atoms with Gasteiger partial charge in [-0.1, -0.05) is 24.3 Å². The maximum absolute atomic E-state index is 12.5. The molecule has 1 aliphatic heterocycles. The molecule has 1 amide bonds. The molecule has 2 aromatic rings. The van der Waals surface area contributed by atoms with Crippen molar-refractivity contribution in [2.24, 2.45) is 0 Å². The minimum Gasteiger partial charge on any atom is -0.371 e. The monoisotopic (exact) mass is 350 g/mol. The molecule has 0 spiro atoms. The molecule has 3 rings (SSSR count). The van der Waals surface area contributed by atoms with E-state index in [1.807, 2.05) is 24.3 Å². The first kappa shape index (κ1) is 17.4. The lowest BCUT2D eigenvalue weighted by atomic mass is 9.99. The van der Waals surface area contributed by atoms with Gasteiger partial charge in [-0.05, 0) is 23.3 Å². The van der Waals surface area contributed by atoms with E-state index in [1.54, 1.807) is 7.05 Å². The van der Waals surface area contributed by atoms with E-state index in [2.05, 4.69) is 4.98 Å². The third-order valence-electron chi connectivity index (χ3n) is 4.17. The number of nitrogens with zero attached hydrogens (tertiary/aromatic N) is 2. The summed E-state index contributed by atoms with van der Waals surface area (Å²) in [6.07, 6.45) is -3.01. The van der Waals surface area contributed by atoms with Crippen molar-refractivity contribution in [1.82, 2.24) is 9.88 Å². The molecular formula is C18H17F3N2O2. The van der Waals surface area contributed by atoms with E-state index in [1.165, 1.54) is 10.5 Å². The highest BCUT2D eigenvalue weighted by atomic mass is 19.4. The Kier molecular flexibility index (Phi) is 4.76. The predicted octanol–water partition coefficient (Wildman–Crippen LogP) is 3.31. The highest BCUT2D eigenvalue weighted by molar-refractivity contribution is 5.93. The number of carbonyl (C=O) groups excluding carboxylic acids is 1. The molecule has 7 heteroatoms. The summed E-state index contributed by atoms with van der Waals surface area (Å²) in [7, 11) is 1.60. The van der Waals surface area contributed by atoms with Crippen LogP contribution in [0, 0.1) is 0 Å². The fraction of sp³-hybridized carbons (Fsp3) is 0.333. The van der Waals surface area contributed by atoms with Gasteiger partial charge in [0.1, 0.15) is 5.69 Å². The number of fused-ring (bicyclic) bond motifs is 1. The van der Waals surface area contributed by atoms with Crippen LogP contribution in [-0.2, 0) is 23.9 Å². The first-order valence-electron chi connectivity index (χ1n) is 7.81. The molecule has 2 heterocycles. The van der Waals surface area contributed by atoms with Crippen molar-refractivity contribution in [3.05, 3.63) is 65.0 Å². The Hall–Kier alpha value is -2.41. The van der Waals surface area contributed by atoms with Crippen LogP contribution in [0.5, 0.6) is 0 Å². The molecule has 1 aromatic carbocycles. The van der Waals surface area contributed by atoms with Gasteiger partial charge in [0.2, 0.25) is 0 Å². The van der Waals surface area contributed by atoms with Gasteiger partial charge in [0.25, 0.3) is 5.91 Å². The number of alkyl halides is 3. The molecule has 0 aliphatic carbocycles. The summed E-state index contributed by atoms with van der Waals surface area (Å²) in [5.41, 5.74) is 1.43. The van der Waals surface area contributed by atoms with Crippen LogP contribution in [0.4, 0.5) is 13.2 Å². The number of benzene rings is 1. The standard InChI is InChI=1S/C18H17F3N2O2/c1-23(10-15-8-12-4-2-3-5-14(12)11-25-15)17(24)13-6-7-16(22-9-13)18(19,20)21/h2-7,9,15H,8,10-11H2,1H3. The van der Waals surface area contributed by atoms with E-state index in [9.17, 15) is 18.0 Å². The van der Waals surface area contributed by atoms with Crippen molar-refractivity contribution in [2.75, 3.05) is 13.6 Å². The molecule has 0 N–H and O–H groups in total. The maximum atomic E-state index is 12.5. The Morgan fingerprint density at radius 2 is 1.96 bits per heavy atom. The second-order valence-corrected chi connectivity index (χ2v) is 6.02. The van der Waals surface area contributed by atoms with Gasteiger partial charge in [-0.25, -0.2) is 0 Å². The third kappa shape index (κ3) is 3.99. The Morgan fingerprint density at radius 1 is 1.24 bits per heavy atom. The molecule has 1 unspecified atom stereocenters. The summed E-state index contributed by atoms with van der Waals surface area (Å²) in [5, 5.41) is 0. The zero-order valence-electron chi connectivity index (χ0n) is 13.6. The second-order valence-electron chi connectivity index (χ2n) is 6.02. The van der Waals surface area contributed by atoms with Crippen molar-refractivity contribution in [2.45, 2.75) is 25.3 Å². The van der Waals surface area contributed by atoms with E-state index in [0.29, 0.717) is 19.6 Å². The lowest BCUT2D eigenvalue weighted by Crippen LogP contribution is -2.38. The summed E-state index contributed by atoms with van der Waals surface area (Å²) in [5.74, 6) is -0.385. The van der Waals surface area contributed by atoms with Gasteiger partial charge in [0.05, 0.1) is 18.3 Å². The molecule has 0 saturated heterocycles. The quantitative estimate of drug-likeness (QED) is 0.853. The van der Waals surface area contributed by atoms with Gasteiger partial charge in [-0.3, -0.25) is 9.78 Å². The number of halogens is 3. The Balaban J connectivity index is 1.63. The SMILES string of the molecule is CN(CC1Cc2ccccc2CO1)C(=O)c1ccc(C(F)(F)F)nc1. The van der Waals surface area contributed by atoms with Gasteiger partial charge >= 0.3 is 6.18 Å². The first-order valence-corrected chi connectivity index (χ1v) is 7.81. The lowest BCUT2D eigenvalue weighted by molar-refractivity contribution is -0.141. The number of ether oxygens (including phenoxy) is 1. The Labute approximate surface area is 143 Å². The smallest absolute Gasteiger partial charge is 0.371 e.